The molecule has 0 aliphatic heterocycles. The fourth-order valence-corrected chi connectivity index (χ4v) is 9.18. The molecule has 0 unspecified atom stereocenters. The Morgan fingerprint density at radius 2 is 1.28 bits per heavy atom. The predicted octanol–water partition coefficient (Wildman–Crippen LogP) is 5.92. The fraction of sp³-hybridized carbons (Fsp3) is 0.0769. The van der Waals surface area contributed by atoms with Gasteiger partial charge in [0.05, 0.1) is 10.6 Å². The molecule has 29 heavy (non-hydrogen) atoms. The highest BCUT2D eigenvalue weighted by atomic mass is 32.1. The van der Waals surface area contributed by atoms with Gasteiger partial charge in [-0.15, -0.1) is 11.3 Å². The minimum atomic E-state index is -2.28. The summed E-state index contributed by atoms with van der Waals surface area (Å²) < 4.78 is 2.66. The summed E-state index contributed by atoms with van der Waals surface area (Å²) in [7, 11) is -2.28. The summed E-state index contributed by atoms with van der Waals surface area (Å²) in [6.45, 7) is 4.67. The molecular formula is C26H23NSSi. The van der Waals surface area contributed by atoms with Crippen molar-refractivity contribution in [3.63, 3.8) is 0 Å². The van der Waals surface area contributed by atoms with Gasteiger partial charge in [0.15, 0.2) is 0 Å². The van der Waals surface area contributed by atoms with E-state index < -0.39 is 8.24 Å². The van der Waals surface area contributed by atoms with E-state index in [1.807, 2.05) is 11.3 Å². The summed E-state index contributed by atoms with van der Waals surface area (Å²) in [5.41, 5.74) is 2.64. The van der Waals surface area contributed by atoms with Gasteiger partial charge >= 0.3 is 0 Å². The van der Waals surface area contributed by atoms with Crippen LogP contribution < -0.4 is 10.4 Å². The van der Waals surface area contributed by atoms with Gasteiger partial charge in [-0.1, -0.05) is 78.9 Å². The lowest BCUT2D eigenvalue weighted by molar-refractivity contribution is 1.24. The minimum Gasteiger partial charge on any atom is -0.359 e. The maximum Gasteiger partial charge on any atom is 0.222 e. The monoisotopic (exact) mass is 409 g/mol. The molecule has 0 N–H and O–H groups in total. The number of aryl methyl sites for hydroxylation is 1. The van der Waals surface area contributed by atoms with Gasteiger partial charge in [-0.3, -0.25) is 0 Å². The van der Waals surface area contributed by atoms with Gasteiger partial charge in [0, 0.05) is 10.4 Å². The lowest BCUT2D eigenvalue weighted by atomic mass is 10.2. The van der Waals surface area contributed by atoms with Crippen LogP contribution in [0, 0.1) is 6.92 Å². The van der Waals surface area contributed by atoms with Crippen molar-refractivity contribution in [1.29, 1.82) is 0 Å². The van der Waals surface area contributed by atoms with Gasteiger partial charge in [-0.25, -0.2) is 0 Å². The van der Waals surface area contributed by atoms with Crippen LogP contribution in [-0.2, 0) is 0 Å². The third-order valence-corrected chi connectivity index (χ3v) is 11.1. The third kappa shape index (κ3) is 2.98. The number of nitrogens with zero attached hydrogens (tertiary/aromatic N) is 1. The molecule has 5 rings (SSSR count). The Balaban J connectivity index is 1.90. The molecule has 0 fully saturated rings. The van der Waals surface area contributed by atoms with Crippen molar-refractivity contribution in [3.05, 3.63) is 108 Å². The molecule has 3 heteroatoms. The van der Waals surface area contributed by atoms with Crippen LogP contribution in [0.4, 0.5) is 0 Å². The molecule has 0 saturated carbocycles. The van der Waals surface area contributed by atoms with Crippen LogP contribution in [0.15, 0.2) is 103 Å². The molecule has 5 aromatic rings. The zero-order valence-corrected chi connectivity index (χ0v) is 18.5. The van der Waals surface area contributed by atoms with Gasteiger partial charge in [0.1, 0.15) is 0 Å². The van der Waals surface area contributed by atoms with Crippen molar-refractivity contribution in [2.45, 2.75) is 13.5 Å². The number of hydrogen-bond acceptors (Lipinski definition) is 1. The Kier molecular flexibility index (Phi) is 4.50. The van der Waals surface area contributed by atoms with E-state index in [0.29, 0.717) is 0 Å². The number of thiophene rings is 1. The van der Waals surface area contributed by atoms with Crippen LogP contribution in [0.3, 0.4) is 0 Å². The number of aromatic nitrogens is 1. The average molecular weight is 410 g/mol. The Labute approximate surface area is 177 Å². The second kappa shape index (κ2) is 7.18. The molecule has 0 saturated heterocycles. The van der Waals surface area contributed by atoms with Crippen molar-refractivity contribution in [2.75, 3.05) is 0 Å². The molecule has 0 radical (unpaired) electrons. The summed E-state index contributed by atoms with van der Waals surface area (Å²) in [5, 5.41) is 4.14. The first kappa shape index (κ1) is 18.2. The van der Waals surface area contributed by atoms with Crippen molar-refractivity contribution in [3.8, 4) is 10.6 Å². The van der Waals surface area contributed by atoms with Gasteiger partial charge < -0.3 is 4.23 Å². The highest BCUT2D eigenvalue weighted by Crippen LogP contribution is 2.35. The molecule has 0 atom stereocenters. The van der Waals surface area contributed by atoms with Crippen LogP contribution >= 0.6 is 11.3 Å². The first-order valence-corrected chi connectivity index (χ1v) is 13.2. The zero-order valence-electron chi connectivity index (χ0n) is 16.7. The summed E-state index contributed by atoms with van der Waals surface area (Å²) in [4.78, 5) is 2.68. The molecule has 0 amide bonds. The Hall–Kier alpha value is -2.88. The molecule has 2 heterocycles. The second-order valence-corrected chi connectivity index (χ2v) is 12.7. The van der Waals surface area contributed by atoms with Crippen LogP contribution in [-0.4, -0.2) is 12.5 Å². The quantitative estimate of drug-likeness (QED) is 0.325. The first-order chi connectivity index (χ1) is 14.2. The molecule has 2 aromatic heterocycles. The van der Waals surface area contributed by atoms with E-state index in [1.165, 1.54) is 36.7 Å². The van der Waals surface area contributed by atoms with Crippen LogP contribution in [0.1, 0.15) is 4.88 Å². The highest BCUT2D eigenvalue weighted by molar-refractivity contribution is 7.15. The van der Waals surface area contributed by atoms with Crippen molar-refractivity contribution < 1.29 is 0 Å². The number of rotatable bonds is 4. The van der Waals surface area contributed by atoms with E-state index in [2.05, 4.69) is 121 Å². The number of para-hydroxylation sites is 1. The van der Waals surface area contributed by atoms with E-state index >= 15 is 0 Å². The van der Waals surface area contributed by atoms with E-state index in [0.717, 1.165) is 0 Å². The normalized spacial score (nSPS) is 11.8. The number of hydrogen-bond donors (Lipinski definition) is 0. The second-order valence-electron chi connectivity index (χ2n) is 7.64. The van der Waals surface area contributed by atoms with Gasteiger partial charge in [-0.05, 0) is 53.5 Å². The van der Waals surface area contributed by atoms with Crippen molar-refractivity contribution in [1.82, 2.24) is 4.23 Å². The Morgan fingerprint density at radius 3 is 1.86 bits per heavy atom. The minimum absolute atomic E-state index is 1.30. The molecule has 0 aliphatic rings. The topological polar surface area (TPSA) is 4.93 Å². The maximum atomic E-state index is 2.66. The lowest BCUT2D eigenvalue weighted by Crippen LogP contribution is -2.61. The van der Waals surface area contributed by atoms with Crippen LogP contribution in [0.2, 0.25) is 6.55 Å². The van der Waals surface area contributed by atoms with Gasteiger partial charge in [0.25, 0.3) is 0 Å². The molecule has 142 valence electrons. The summed E-state index contributed by atoms with van der Waals surface area (Å²) in [5.74, 6) is 0. The largest absolute Gasteiger partial charge is 0.359 e. The molecule has 1 nitrogen and oxygen atoms in total. The average Bonchev–Trinajstić information content (AvgIpc) is 3.38. The van der Waals surface area contributed by atoms with Crippen molar-refractivity contribution >= 4 is 40.8 Å². The molecule has 0 spiro atoms. The summed E-state index contributed by atoms with van der Waals surface area (Å²) in [6.07, 6.45) is 0. The van der Waals surface area contributed by atoms with Gasteiger partial charge in [0.2, 0.25) is 8.24 Å². The van der Waals surface area contributed by atoms with Crippen molar-refractivity contribution in [2.24, 2.45) is 0 Å². The zero-order chi connectivity index (χ0) is 19.8. The van der Waals surface area contributed by atoms with E-state index in [-0.39, 0.29) is 0 Å². The summed E-state index contributed by atoms with van der Waals surface area (Å²) in [6, 6.07) is 37.8. The van der Waals surface area contributed by atoms with E-state index in [9.17, 15) is 0 Å². The Morgan fingerprint density at radius 1 is 0.690 bits per heavy atom. The van der Waals surface area contributed by atoms with Crippen LogP contribution in [0.5, 0.6) is 0 Å². The number of benzene rings is 3. The maximum absolute atomic E-state index is 2.66. The molecular weight excluding hydrogens is 386 g/mol. The van der Waals surface area contributed by atoms with Gasteiger partial charge in [-0.2, -0.15) is 0 Å². The standard InChI is InChI=1S/C26H23NSSi/c1-20-17-18-26(28-20)25-19-21-11-9-10-16-24(21)27(25)29(2,22-12-5-3-6-13-22)23-14-7-4-8-15-23/h3-19H,1-2H3. The van der Waals surface area contributed by atoms with E-state index in [4.69, 9.17) is 0 Å². The van der Waals surface area contributed by atoms with Crippen LogP contribution in [0.25, 0.3) is 21.5 Å². The SMILES string of the molecule is Cc1ccc(-c2cc3ccccc3n2[Si](C)(c2ccccc2)c2ccccc2)s1. The Bertz CT molecular complexity index is 1230. The smallest absolute Gasteiger partial charge is 0.222 e. The summed E-state index contributed by atoms with van der Waals surface area (Å²) >= 11 is 1.88. The molecule has 0 aliphatic carbocycles. The molecule has 0 bridgehead atoms. The first-order valence-electron chi connectivity index (χ1n) is 9.97. The van der Waals surface area contributed by atoms with E-state index in [1.54, 1.807) is 0 Å². The number of fused-ring (bicyclic) bond motifs is 1. The lowest BCUT2D eigenvalue weighted by Gasteiger charge is -2.33. The fourth-order valence-electron chi connectivity index (χ4n) is 4.34. The molecule has 3 aromatic carbocycles. The predicted molar refractivity (Wildman–Crippen MR) is 129 cm³/mol. The third-order valence-electron chi connectivity index (χ3n) is 5.82. The highest BCUT2D eigenvalue weighted by Gasteiger charge is 2.37.